The molecule has 1 N–H and O–H groups in total. The predicted octanol–water partition coefficient (Wildman–Crippen LogP) is 5.10. The van der Waals surface area contributed by atoms with Crippen LogP contribution in [0.2, 0.25) is 0 Å². The first-order valence-electron chi connectivity index (χ1n) is 9.96. The summed E-state index contributed by atoms with van der Waals surface area (Å²) in [6.07, 6.45) is 0. The van der Waals surface area contributed by atoms with Gasteiger partial charge in [0.1, 0.15) is 11.6 Å². The van der Waals surface area contributed by atoms with Gasteiger partial charge in [-0.1, -0.05) is 23.9 Å². The topological polar surface area (TPSA) is 78.6 Å². The van der Waals surface area contributed by atoms with E-state index in [1.54, 1.807) is 69.9 Å². The lowest BCUT2D eigenvalue weighted by atomic mass is 10.1. The van der Waals surface area contributed by atoms with Gasteiger partial charge in [0.05, 0.1) is 21.3 Å². The molecule has 0 saturated heterocycles. The number of rotatable bonds is 8. The Labute approximate surface area is 194 Å². The SMILES string of the molecule is COc1cc(-c2nnc(SCc3ccc(F)cc3)n2-c2ccc(O)cc2)cc(OC)c1OC. The summed E-state index contributed by atoms with van der Waals surface area (Å²) in [6.45, 7) is 0. The standard InChI is InChI=1S/C24H22FN3O4S/c1-30-20-12-16(13-21(31-2)22(20)32-3)23-26-27-24(28(23)18-8-10-19(29)11-9-18)33-14-15-4-6-17(25)7-5-15/h4-13,29H,14H2,1-3H3. The van der Waals surface area contributed by atoms with Crippen molar-refractivity contribution < 1.29 is 23.7 Å². The molecule has 0 bridgehead atoms. The van der Waals surface area contributed by atoms with Crippen LogP contribution < -0.4 is 14.2 Å². The molecule has 0 spiro atoms. The molecule has 9 heteroatoms. The van der Waals surface area contributed by atoms with E-state index >= 15 is 0 Å². The van der Waals surface area contributed by atoms with E-state index in [0.29, 0.717) is 39.5 Å². The van der Waals surface area contributed by atoms with Gasteiger partial charge in [0.15, 0.2) is 22.5 Å². The van der Waals surface area contributed by atoms with Gasteiger partial charge in [-0.15, -0.1) is 10.2 Å². The molecule has 1 heterocycles. The lowest BCUT2D eigenvalue weighted by molar-refractivity contribution is 0.324. The van der Waals surface area contributed by atoms with Crippen molar-refractivity contribution in [3.63, 3.8) is 0 Å². The Kier molecular flexibility index (Phi) is 6.69. The Bertz CT molecular complexity index is 1220. The second-order valence-corrected chi connectivity index (χ2v) is 7.93. The van der Waals surface area contributed by atoms with Crippen LogP contribution in [0.25, 0.3) is 17.1 Å². The fraction of sp³-hybridized carbons (Fsp3) is 0.167. The van der Waals surface area contributed by atoms with Crippen molar-refractivity contribution in [2.45, 2.75) is 10.9 Å². The molecule has 0 aliphatic heterocycles. The van der Waals surface area contributed by atoms with Gasteiger partial charge in [-0.2, -0.15) is 0 Å². The minimum Gasteiger partial charge on any atom is -0.508 e. The maximum Gasteiger partial charge on any atom is 0.203 e. The summed E-state index contributed by atoms with van der Waals surface area (Å²) in [6, 6.07) is 16.7. The van der Waals surface area contributed by atoms with E-state index in [1.807, 2.05) is 4.57 Å². The normalized spacial score (nSPS) is 10.8. The minimum absolute atomic E-state index is 0.154. The van der Waals surface area contributed by atoms with E-state index < -0.39 is 0 Å². The molecule has 7 nitrogen and oxygen atoms in total. The molecule has 0 unspecified atom stereocenters. The quantitative estimate of drug-likeness (QED) is 0.361. The summed E-state index contributed by atoms with van der Waals surface area (Å²) in [4.78, 5) is 0. The lowest BCUT2D eigenvalue weighted by Crippen LogP contribution is -2.01. The highest BCUT2D eigenvalue weighted by Crippen LogP contribution is 2.42. The van der Waals surface area contributed by atoms with Crippen molar-refractivity contribution in [3.8, 4) is 40.1 Å². The molecule has 4 rings (SSSR count). The van der Waals surface area contributed by atoms with Crippen LogP contribution in [0.5, 0.6) is 23.0 Å². The Morgan fingerprint density at radius 2 is 1.52 bits per heavy atom. The third kappa shape index (κ3) is 4.73. The zero-order valence-electron chi connectivity index (χ0n) is 18.3. The number of aromatic hydroxyl groups is 1. The second-order valence-electron chi connectivity index (χ2n) is 6.99. The number of hydrogen-bond acceptors (Lipinski definition) is 7. The molecular weight excluding hydrogens is 445 g/mol. The van der Waals surface area contributed by atoms with E-state index in [0.717, 1.165) is 11.3 Å². The first-order valence-corrected chi connectivity index (χ1v) is 10.9. The molecule has 0 aliphatic carbocycles. The van der Waals surface area contributed by atoms with Crippen LogP contribution in [0.3, 0.4) is 0 Å². The number of phenolic OH excluding ortho intramolecular Hbond substituents is 1. The number of hydrogen-bond donors (Lipinski definition) is 1. The highest BCUT2D eigenvalue weighted by molar-refractivity contribution is 7.98. The highest BCUT2D eigenvalue weighted by atomic mass is 32.2. The molecule has 0 radical (unpaired) electrons. The summed E-state index contributed by atoms with van der Waals surface area (Å²) in [5.41, 5.74) is 2.43. The fourth-order valence-corrected chi connectivity index (χ4v) is 4.23. The van der Waals surface area contributed by atoms with Gasteiger partial charge < -0.3 is 19.3 Å². The molecule has 0 fully saturated rings. The van der Waals surface area contributed by atoms with Crippen LogP contribution in [-0.2, 0) is 5.75 Å². The highest BCUT2D eigenvalue weighted by Gasteiger charge is 2.21. The van der Waals surface area contributed by atoms with E-state index in [9.17, 15) is 9.50 Å². The Hall–Kier alpha value is -3.72. The van der Waals surface area contributed by atoms with Crippen molar-refractivity contribution in [1.29, 1.82) is 0 Å². The van der Waals surface area contributed by atoms with Gasteiger partial charge in [0, 0.05) is 17.0 Å². The van der Waals surface area contributed by atoms with Crippen LogP contribution in [0.15, 0.2) is 65.8 Å². The van der Waals surface area contributed by atoms with Crippen molar-refractivity contribution in [2.75, 3.05) is 21.3 Å². The summed E-state index contributed by atoms with van der Waals surface area (Å²) in [5.74, 6) is 2.47. The van der Waals surface area contributed by atoms with Gasteiger partial charge in [0.25, 0.3) is 0 Å². The number of aromatic nitrogens is 3. The summed E-state index contributed by atoms with van der Waals surface area (Å²) >= 11 is 1.47. The number of halogens is 1. The first-order chi connectivity index (χ1) is 16.0. The second kappa shape index (κ2) is 9.83. The first kappa shape index (κ1) is 22.5. The van der Waals surface area contributed by atoms with Gasteiger partial charge in [-0.3, -0.25) is 4.57 Å². The molecule has 33 heavy (non-hydrogen) atoms. The van der Waals surface area contributed by atoms with Crippen LogP contribution in [0.4, 0.5) is 4.39 Å². The molecule has 0 aliphatic rings. The zero-order valence-corrected chi connectivity index (χ0v) is 19.1. The number of phenols is 1. The van der Waals surface area contributed by atoms with E-state index in [1.165, 1.54) is 23.9 Å². The third-order valence-corrected chi connectivity index (χ3v) is 5.95. The number of methoxy groups -OCH3 is 3. The van der Waals surface area contributed by atoms with Gasteiger partial charge in [-0.25, -0.2) is 4.39 Å². The number of thioether (sulfide) groups is 1. The average Bonchev–Trinajstić information content (AvgIpc) is 3.27. The predicted molar refractivity (Wildman–Crippen MR) is 124 cm³/mol. The average molecular weight is 468 g/mol. The monoisotopic (exact) mass is 467 g/mol. The van der Waals surface area contributed by atoms with E-state index in [-0.39, 0.29) is 11.6 Å². The van der Waals surface area contributed by atoms with Crippen LogP contribution in [-0.4, -0.2) is 41.2 Å². The Morgan fingerprint density at radius 1 is 0.879 bits per heavy atom. The maximum absolute atomic E-state index is 13.3. The van der Waals surface area contributed by atoms with Crippen molar-refractivity contribution in [1.82, 2.24) is 14.8 Å². The lowest BCUT2D eigenvalue weighted by Gasteiger charge is -2.15. The molecule has 1 aromatic heterocycles. The molecule has 0 atom stereocenters. The molecule has 0 amide bonds. The largest absolute Gasteiger partial charge is 0.508 e. The third-order valence-electron chi connectivity index (χ3n) is 4.95. The molecule has 4 aromatic rings. The maximum atomic E-state index is 13.3. The minimum atomic E-state index is -0.277. The molecule has 3 aromatic carbocycles. The summed E-state index contributed by atoms with van der Waals surface area (Å²) in [7, 11) is 4.65. The van der Waals surface area contributed by atoms with E-state index in [4.69, 9.17) is 14.2 Å². The molecule has 0 saturated carbocycles. The number of ether oxygens (including phenoxy) is 3. The van der Waals surface area contributed by atoms with Crippen molar-refractivity contribution in [3.05, 3.63) is 72.0 Å². The van der Waals surface area contributed by atoms with Gasteiger partial charge in [-0.05, 0) is 54.1 Å². The van der Waals surface area contributed by atoms with Gasteiger partial charge in [0.2, 0.25) is 5.75 Å². The van der Waals surface area contributed by atoms with Gasteiger partial charge >= 0.3 is 0 Å². The Morgan fingerprint density at radius 3 is 2.09 bits per heavy atom. The van der Waals surface area contributed by atoms with Crippen LogP contribution in [0, 0.1) is 5.82 Å². The fourth-order valence-electron chi connectivity index (χ4n) is 3.32. The van der Waals surface area contributed by atoms with Crippen LogP contribution >= 0.6 is 11.8 Å². The van der Waals surface area contributed by atoms with Crippen molar-refractivity contribution in [2.24, 2.45) is 0 Å². The number of benzene rings is 3. The van der Waals surface area contributed by atoms with Crippen LogP contribution in [0.1, 0.15) is 5.56 Å². The smallest absolute Gasteiger partial charge is 0.203 e. The zero-order chi connectivity index (χ0) is 23.4. The summed E-state index contributed by atoms with van der Waals surface area (Å²) < 4.78 is 31.5. The summed E-state index contributed by atoms with van der Waals surface area (Å²) in [5, 5.41) is 19.2. The Balaban J connectivity index is 1.80. The van der Waals surface area contributed by atoms with E-state index in [2.05, 4.69) is 10.2 Å². The number of nitrogens with zero attached hydrogens (tertiary/aromatic N) is 3. The molecular formula is C24H22FN3O4S. The molecule has 170 valence electrons. The van der Waals surface area contributed by atoms with Crippen molar-refractivity contribution >= 4 is 11.8 Å².